The third kappa shape index (κ3) is 3.05. The molecule has 0 radical (unpaired) electrons. The van der Waals surface area contributed by atoms with Crippen LogP contribution in [0, 0.1) is 6.92 Å². The van der Waals surface area contributed by atoms with Crippen LogP contribution in [-0.4, -0.2) is 49.0 Å². The number of rotatable bonds is 3. The van der Waals surface area contributed by atoms with E-state index in [4.69, 9.17) is 14.5 Å². The predicted octanol–water partition coefficient (Wildman–Crippen LogP) is 2.04. The summed E-state index contributed by atoms with van der Waals surface area (Å²) in [5.74, 6) is 2.84. The van der Waals surface area contributed by atoms with Crippen molar-refractivity contribution in [3.05, 3.63) is 29.8 Å². The lowest BCUT2D eigenvalue weighted by molar-refractivity contribution is 0.198. The van der Waals surface area contributed by atoms with Gasteiger partial charge in [-0.15, -0.1) is 0 Å². The first-order chi connectivity index (χ1) is 12.3. The molecule has 0 bridgehead atoms. The van der Waals surface area contributed by atoms with Crippen LogP contribution < -0.4 is 4.90 Å². The molecule has 0 aliphatic carbocycles. The Labute approximate surface area is 151 Å². The van der Waals surface area contributed by atoms with Crippen LogP contribution in [-0.2, 0) is 12.0 Å². The van der Waals surface area contributed by atoms with Gasteiger partial charge in [-0.1, -0.05) is 25.9 Å². The highest BCUT2D eigenvalue weighted by molar-refractivity contribution is 5.88. The SMILES string of the molecule is Cc1noc(Cn2ccc3c(N4CCC(O)C4)nc(C(C)(C)C)nc32)n1. The van der Waals surface area contributed by atoms with Gasteiger partial charge in [-0.2, -0.15) is 4.98 Å². The fourth-order valence-corrected chi connectivity index (χ4v) is 3.24. The van der Waals surface area contributed by atoms with Gasteiger partial charge in [-0.05, 0) is 19.4 Å². The molecule has 1 atom stereocenters. The minimum absolute atomic E-state index is 0.183. The van der Waals surface area contributed by atoms with Gasteiger partial charge in [0.2, 0.25) is 5.89 Å². The topological polar surface area (TPSA) is 93.1 Å². The minimum atomic E-state index is -0.304. The minimum Gasteiger partial charge on any atom is -0.391 e. The Kier molecular flexibility index (Phi) is 3.95. The summed E-state index contributed by atoms with van der Waals surface area (Å²) in [5.41, 5.74) is 0.662. The molecule has 1 fully saturated rings. The maximum Gasteiger partial charge on any atom is 0.246 e. The second kappa shape index (κ2) is 6.05. The first-order valence-electron chi connectivity index (χ1n) is 8.91. The zero-order valence-electron chi connectivity index (χ0n) is 15.6. The Balaban J connectivity index is 1.82. The molecular weight excluding hydrogens is 332 g/mol. The predicted molar refractivity (Wildman–Crippen MR) is 97.2 cm³/mol. The molecule has 1 unspecified atom stereocenters. The van der Waals surface area contributed by atoms with Crippen LogP contribution >= 0.6 is 0 Å². The second-order valence-corrected chi connectivity index (χ2v) is 7.93. The van der Waals surface area contributed by atoms with Crippen molar-refractivity contribution in [3.63, 3.8) is 0 Å². The molecule has 8 heteroatoms. The van der Waals surface area contributed by atoms with Crippen LogP contribution in [0.3, 0.4) is 0 Å². The van der Waals surface area contributed by atoms with Gasteiger partial charge in [0.05, 0.1) is 11.5 Å². The second-order valence-electron chi connectivity index (χ2n) is 7.93. The van der Waals surface area contributed by atoms with Gasteiger partial charge in [0.1, 0.15) is 23.8 Å². The van der Waals surface area contributed by atoms with E-state index in [-0.39, 0.29) is 11.5 Å². The van der Waals surface area contributed by atoms with E-state index in [1.165, 1.54) is 0 Å². The summed E-state index contributed by atoms with van der Waals surface area (Å²) in [4.78, 5) is 16.1. The number of hydrogen-bond acceptors (Lipinski definition) is 7. The molecule has 1 aliphatic rings. The van der Waals surface area contributed by atoms with Gasteiger partial charge in [-0.3, -0.25) is 0 Å². The summed E-state index contributed by atoms with van der Waals surface area (Å²) in [6.45, 7) is 9.97. The van der Waals surface area contributed by atoms with E-state index >= 15 is 0 Å². The van der Waals surface area contributed by atoms with Crippen LogP contribution in [0.25, 0.3) is 11.0 Å². The first-order valence-corrected chi connectivity index (χ1v) is 8.91. The van der Waals surface area contributed by atoms with Crippen molar-refractivity contribution >= 4 is 16.9 Å². The molecule has 1 aliphatic heterocycles. The fourth-order valence-electron chi connectivity index (χ4n) is 3.24. The molecule has 0 amide bonds. The Morgan fingerprint density at radius 2 is 2.08 bits per heavy atom. The molecule has 0 aromatic carbocycles. The van der Waals surface area contributed by atoms with Crippen molar-refractivity contribution in [2.24, 2.45) is 0 Å². The molecule has 138 valence electrons. The lowest BCUT2D eigenvalue weighted by Gasteiger charge is -2.22. The Hall–Kier alpha value is -2.48. The zero-order chi connectivity index (χ0) is 18.5. The van der Waals surface area contributed by atoms with Gasteiger partial charge >= 0.3 is 0 Å². The maximum atomic E-state index is 9.95. The molecule has 26 heavy (non-hydrogen) atoms. The van der Waals surface area contributed by atoms with Gasteiger partial charge in [-0.25, -0.2) is 9.97 Å². The molecule has 3 aromatic rings. The summed E-state index contributed by atoms with van der Waals surface area (Å²) >= 11 is 0. The number of β-amino-alcohol motifs (C(OH)–C–C–N with tert-alkyl or cyclic N) is 1. The standard InChI is InChI=1S/C18H24N6O2/c1-11-19-14(26-22-11)10-24-8-6-13-15(23-7-5-12(25)9-23)20-17(18(2,3)4)21-16(13)24/h6,8,12,25H,5,7,9-10H2,1-4H3. The molecule has 4 heterocycles. The summed E-state index contributed by atoms with van der Waals surface area (Å²) in [7, 11) is 0. The van der Waals surface area contributed by atoms with Gasteiger partial charge in [0.25, 0.3) is 0 Å². The quantitative estimate of drug-likeness (QED) is 0.767. The van der Waals surface area contributed by atoms with Crippen LogP contribution in [0.2, 0.25) is 0 Å². The van der Waals surface area contributed by atoms with E-state index in [1.807, 2.05) is 16.8 Å². The highest BCUT2D eigenvalue weighted by Crippen LogP contribution is 2.31. The van der Waals surface area contributed by atoms with Gasteiger partial charge in [0, 0.05) is 24.7 Å². The summed E-state index contributed by atoms with van der Waals surface area (Å²) in [6.07, 6.45) is 2.43. The van der Waals surface area contributed by atoms with Crippen molar-refractivity contribution in [3.8, 4) is 0 Å². The van der Waals surface area contributed by atoms with Crippen molar-refractivity contribution in [1.82, 2.24) is 24.7 Å². The van der Waals surface area contributed by atoms with E-state index in [0.29, 0.717) is 24.8 Å². The van der Waals surface area contributed by atoms with E-state index in [9.17, 15) is 5.11 Å². The number of aliphatic hydroxyl groups excluding tert-OH is 1. The number of aryl methyl sites for hydroxylation is 1. The molecular formula is C18H24N6O2. The molecule has 4 rings (SSSR count). The largest absolute Gasteiger partial charge is 0.391 e. The molecule has 0 saturated carbocycles. The van der Waals surface area contributed by atoms with E-state index in [2.05, 4.69) is 35.8 Å². The van der Waals surface area contributed by atoms with Crippen molar-refractivity contribution in [1.29, 1.82) is 0 Å². The van der Waals surface area contributed by atoms with Gasteiger partial charge in [0.15, 0.2) is 5.82 Å². The van der Waals surface area contributed by atoms with Crippen LogP contribution in [0.5, 0.6) is 0 Å². The average Bonchev–Trinajstić information content (AvgIpc) is 3.27. The number of anilines is 1. The lowest BCUT2D eigenvalue weighted by atomic mass is 9.95. The smallest absolute Gasteiger partial charge is 0.246 e. The molecule has 1 saturated heterocycles. The Morgan fingerprint density at radius 3 is 2.69 bits per heavy atom. The van der Waals surface area contributed by atoms with Crippen molar-refractivity contribution in [2.75, 3.05) is 18.0 Å². The Bertz CT molecular complexity index is 939. The third-order valence-electron chi connectivity index (χ3n) is 4.61. The third-order valence-corrected chi connectivity index (χ3v) is 4.61. The number of hydrogen-bond donors (Lipinski definition) is 1. The molecule has 8 nitrogen and oxygen atoms in total. The maximum absolute atomic E-state index is 9.95. The number of aliphatic hydroxyl groups is 1. The lowest BCUT2D eigenvalue weighted by Crippen LogP contribution is -2.25. The van der Waals surface area contributed by atoms with Crippen LogP contribution in [0.1, 0.15) is 44.7 Å². The Morgan fingerprint density at radius 1 is 1.27 bits per heavy atom. The summed E-state index contributed by atoms with van der Waals surface area (Å²) in [6, 6.07) is 2.02. The number of nitrogens with zero attached hydrogens (tertiary/aromatic N) is 6. The summed E-state index contributed by atoms with van der Waals surface area (Å²) in [5, 5.41) is 14.8. The van der Waals surface area contributed by atoms with E-state index < -0.39 is 0 Å². The number of fused-ring (bicyclic) bond motifs is 1. The highest BCUT2D eigenvalue weighted by atomic mass is 16.5. The highest BCUT2D eigenvalue weighted by Gasteiger charge is 2.27. The normalized spacial score (nSPS) is 18.2. The molecule has 1 N–H and O–H groups in total. The fraction of sp³-hybridized carbons (Fsp3) is 0.556. The van der Waals surface area contributed by atoms with Crippen LogP contribution in [0.4, 0.5) is 5.82 Å². The molecule has 3 aromatic heterocycles. The number of aromatic nitrogens is 5. The monoisotopic (exact) mass is 356 g/mol. The van der Waals surface area contributed by atoms with E-state index in [0.717, 1.165) is 35.6 Å². The first kappa shape index (κ1) is 17.0. The molecule has 0 spiro atoms. The van der Waals surface area contributed by atoms with Crippen LogP contribution in [0.15, 0.2) is 16.8 Å². The van der Waals surface area contributed by atoms with Crippen molar-refractivity contribution in [2.45, 2.75) is 52.2 Å². The zero-order valence-corrected chi connectivity index (χ0v) is 15.6. The van der Waals surface area contributed by atoms with Gasteiger partial charge < -0.3 is 19.1 Å². The summed E-state index contributed by atoms with van der Waals surface area (Å²) < 4.78 is 7.27. The van der Waals surface area contributed by atoms with Crippen molar-refractivity contribution < 1.29 is 9.63 Å². The average molecular weight is 356 g/mol. The van der Waals surface area contributed by atoms with E-state index in [1.54, 1.807) is 6.92 Å².